The largest absolute Gasteiger partial charge is 0.505 e. The number of hydrogen-bond donors (Lipinski definition) is 2. The molecule has 0 atom stereocenters. The van der Waals surface area contributed by atoms with E-state index in [-0.39, 0.29) is 5.75 Å². The quantitative estimate of drug-likeness (QED) is 0.756. The number of aromatic hydroxyl groups is 1. The SMILES string of the molecule is CCCc1nsc(NCc2ccc3cccnc3c2O)n1. The van der Waals surface area contributed by atoms with Gasteiger partial charge in [-0.05, 0) is 12.5 Å². The lowest BCUT2D eigenvalue weighted by Gasteiger charge is -2.07. The van der Waals surface area contributed by atoms with Crippen LogP contribution in [0.25, 0.3) is 10.9 Å². The molecule has 0 saturated carbocycles. The third-order valence-corrected chi connectivity index (χ3v) is 3.91. The number of benzene rings is 1. The van der Waals surface area contributed by atoms with Gasteiger partial charge in [0.1, 0.15) is 17.1 Å². The number of anilines is 1. The molecule has 0 unspecified atom stereocenters. The van der Waals surface area contributed by atoms with Crippen molar-refractivity contribution in [3.8, 4) is 5.75 Å². The van der Waals surface area contributed by atoms with Crippen molar-refractivity contribution in [2.75, 3.05) is 5.32 Å². The van der Waals surface area contributed by atoms with Crippen LogP contribution in [0.15, 0.2) is 30.5 Å². The Bertz CT molecular complexity index is 756. The Balaban J connectivity index is 1.76. The maximum atomic E-state index is 10.3. The molecule has 0 radical (unpaired) electrons. The summed E-state index contributed by atoms with van der Waals surface area (Å²) in [7, 11) is 0. The summed E-state index contributed by atoms with van der Waals surface area (Å²) in [4.78, 5) is 8.63. The molecule has 0 aliphatic heterocycles. The number of rotatable bonds is 5. The number of phenolic OH excluding ortho intramolecular Hbond substituents is 1. The molecule has 0 spiro atoms. The summed E-state index contributed by atoms with van der Waals surface area (Å²) >= 11 is 1.35. The molecule has 1 aromatic carbocycles. The number of aromatic nitrogens is 3. The van der Waals surface area contributed by atoms with Crippen LogP contribution in [-0.2, 0) is 13.0 Å². The van der Waals surface area contributed by atoms with Gasteiger partial charge >= 0.3 is 0 Å². The highest BCUT2D eigenvalue weighted by atomic mass is 32.1. The molecule has 0 bridgehead atoms. The van der Waals surface area contributed by atoms with Crippen LogP contribution in [0, 0.1) is 0 Å². The molecule has 2 heterocycles. The van der Waals surface area contributed by atoms with E-state index in [4.69, 9.17) is 0 Å². The van der Waals surface area contributed by atoms with Gasteiger partial charge in [-0.1, -0.05) is 25.1 Å². The highest BCUT2D eigenvalue weighted by Crippen LogP contribution is 2.27. The molecule has 21 heavy (non-hydrogen) atoms. The topological polar surface area (TPSA) is 70.9 Å². The smallest absolute Gasteiger partial charge is 0.202 e. The van der Waals surface area contributed by atoms with Crippen LogP contribution in [-0.4, -0.2) is 19.4 Å². The van der Waals surface area contributed by atoms with Crippen molar-refractivity contribution >= 4 is 27.6 Å². The molecule has 5 nitrogen and oxygen atoms in total. The molecule has 3 rings (SSSR count). The minimum absolute atomic E-state index is 0.221. The fourth-order valence-electron chi connectivity index (χ4n) is 2.14. The standard InChI is InChI=1S/C15H16N4OS/c1-2-4-12-18-15(21-19-12)17-9-11-7-6-10-5-3-8-16-13(10)14(11)20/h3,5-8,20H,2,4,9H2,1H3,(H,17,18,19). The van der Waals surface area contributed by atoms with E-state index in [2.05, 4.69) is 26.6 Å². The van der Waals surface area contributed by atoms with Crippen LogP contribution in [0.1, 0.15) is 24.7 Å². The Morgan fingerprint density at radius 2 is 2.19 bits per heavy atom. The summed E-state index contributed by atoms with van der Waals surface area (Å²) in [6.45, 7) is 2.60. The summed E-state index contributed by atoms with van der Waals surface area (Å²) in [5, 5.41) is 15.2. The maximum Gasteiger partial charge on any atom is 0.202 e. The van der Waals surface area contributed by atoms with E-state index in [1.165, 1.54) is 11.5 Å². The lowest BCUT2D eigenvalue weighted by molar-refractivity contribution is 0.474. The van der Waals surface area contributed by atoms with Gasteiger partial charge in [-0.15, -0.1) is 0 Å². The third-order valence-electron chi connectivity index (χ3n) is 3.20. The molecular formula is C15H16N4OS. The first-order valence-corrected chi connectivity index (χ1v) is 7.67. The highest BCUT2D eigenvalue weighted by molar-refractivity contribution is 7.09. The minimum Gasteiger partial charge on any atom is -0.505 e. The molecule has 2 N–H and O–H groups in total. The number of aryl methyl sites for hydroxylation is 1. The summed E-state index contributed by atoms with van der Waals surface area (Å²) in [5.41, 5.74) is 1.43. The Hall–Kier alpha value is -2.21. The van der Waals surface area contributed by atoms with Gasteiger partial charge in [0.25, 0.3) is 0 Å². The first kappa shape index (κ1) is 13.8. The van der Waals surface area contributed by atoms with Gasteiger partial charge in [0.05, 0.1) is 0 Å². The second-order valence-electron chi connectivity index (χ2n) is 4.77. The van der Waals surface area contributed by atoms with E-state index in [1.54, 1.807) is 6.20 Å². The lowest BCUT2D eigenvalue weighted by atomic mass is 10.1. The average Bonchev–Trinajstić information content (AvgIpc) is 2.95. The van der Waals surface area contributed by atoms with E-state index < -0.39 is 0 Å². The second-order valence-corrected chi connectivity index (χ2v) is 5.52. The molecular weight excluding hydrogens is 284 g/mol. The Morgan fingerprint density at radius 3 is 3.05 bits per heavy atom. The van der Waals surface area contributed by atoms with Crippen molar-refractivity contribution in [2.24, 2.45) is 0 Å². The molecule has 3 aromatic rings. The summed E-state index contributed by atoms with van der Waals surface area (Å²) in [5.74, 6) is 1.09. The van der Waals surface area contributed by atoms with Crippen molar-refractivity contribution in [3.05, 3.63) is 41.9 Å². The van der Waals surface area contributed by atoms with Crippen LogP contribution >= 0.6 is 11.5 Å². The van der Waals surface area contributed by atoms with Gasteiger partial charge in [-0.2, -0.15) is 4.37 Å². The van der Waals surface area contributed by atoms with Crippen molar-refractivity contribution in [3.63, 3.8) is 0 Å². The van der Waals surface area contributed by atoms with Crippen molar-refractivity contribution in [2.45, 2.75) is 26.3 Å². The summed E-state index contributed by atoms with van der Waals surface area (Å²) in [6, 6.07) is 7.65. The van der Waals surface area contributed by atoms with Gasteiger partial charge in [0.15, 0.2) is 0 Å². The zero-order valence-corrected chi connectivity index (χ0v) is 12.5. The lowest BCUT2D eigenvalue weighted by Crippen LogP contribution is -2.00. The van der Waals surface area contributed by atoms with Crippen LogP contribution < -0.4 is 5.32 Å². The zero-order chi connectivity index (χ0) is 14.7. The van der Waals surface area contributed by atoms with Crippen molar-refractivity contribution in [1.82, 2.24) is 14.3 Å². The number of nitrogens with zero attached hydrogens (tertiary/aromatic N) is 3. The van der Waals surface area contributed by atoms with Gasteiger partial charge < -0.3 is 10.4 Å². The van der Waals surface area contributed by atoms with E-state index in [9.17, 15) is 5.11 Å². The van der Waals surface area contributed by atoms with E-state index in [0.717, 1.165) is 34.7 Å². The van der Waals surface area contributed by atoms with Crippen LogP contribution in [0.3, 0.4) is 0 Å². The number of fused-ring (bicyclic) bond motifs is 1. The second kappa shape index (κ2) is 6.05. The number of phenols is 1. The fourth-order valence-corrected chi connectivity index (χ4v) is 2.74. The molecule has 2 aromatic heterocycles. The Labute approximate surface area is 126 Å². The molecule has 0 saturated heterocycles. The van der Waals surface area contributed by atoms with Crippen LogP contribution in [0.5, 0.6) is 5.75 Å². The molecule has 6 heteroatoms. The molecule has 0 amide bonds. The van der Waals surface area contributed by atoms with Crippen molar-refractivity contribution in [1.29, 1.82) is 0 Å². The van der Waals surface area contributed by atoms with Gasteiger partial charge in [0.2, 0.25) is 5.13 Å². The van der Waals surface area contributed by atoms with Gasteiger partial charge in [0, 0.05) is 41.6 Å². The average molecular weight is 300 g/mol. The Kier molecular flexibility index (Phi) is 3.96. The molecule has 108 valence electrons. The first-order chi connectivity index (χ1) is 10.3. The fraction of sp³-hybridized carbons (Fsp3) is 0.267. The first-order valence-electron chi connectivity index (χ1n) is 6.90. The number of hydrogen-bond acceptors (Lipinski definition) is 6. The highest BCUT2D eigenvalue weighted by Gasteiger charge is 2.08. The van der Waals surface area contributed by atoms with E-state index in [1.807, 2.05) is 24.3 Å². The van der Waals surface area contributed by atoms with Crippen molar-refractivity contribution < 1.29 is 5.11 Å². The van der Waals surface area contributed by atoms with Crippen LogP contribution in [0.4, 0.5) is 5.13 Å². The monoisotopic (exact) mass is 300 g/mol. The number of pyridine rings is 1. The van der Waals surface area contributed by atoms with Crippen LogP contribution in [0.2, 0.25) is 0 Å². The summed E-state index contributed by atoms with van der Waals surface area (Å²) < 4.78 is 4.28. The normalized spacial score (nSPS) is 10.9. The molecule has 0 fully saturated rings. The predicted molar refractivity (Wildman–Crippen MR) is 84.6 cm³/mol. The third kappa shape index (κ3) is 2.95. The number of nitrogens with one attached hydrogen (secondary N) is 1. The maximum absolute atomic E-state index is 10.3. The Morgan fingerprint density at radius 1 is 1.29 bits per heavy atom. The zero-order valence-electron chi connectivity index (χ0n) is 11.7. The van der Waals surface area contributed by atoms with E-state index in [0.29, 0.717) is 12.1 Å². The van der Waals surface area contributed by atoms with E-state index >= 15 is 0 Å². The van der Waals surface area contributed by atoms with Gasteiger partial charge in [-0.25, -0.2) is 4.98 Å². The molecule has 0 aliphatic rings. The summed E-state index contributed by atoms with van der Waals surface area (Å²) in [6.07, 6.45) is 3.61. The van der Waals surface area contributed by atoms with Gasteiger partial charge in [-0.3, -0.25) is 4.98 Å². The minimum atomic E-state index is 0.221. The predicted octanol–water partition coefficient (Wildman–Crippen LogP) is 3.36. The molecule has 0 aliphatic carbocycles.